The van der Waals surface area contributed by atoms with Gasteiger partial charge in [-0.1, -0.05) is 0 Å². The number of aromatic nitrogens is 2. The molecule has 0 bridgehead atoms. The highest BCUT2D eigenvalue weighted by Gasteiger charge is 2.11. The van der Waals surface area contributed by atoms with E-state index >= 15 is 0 Å². The number of hydrogen-bond donors (Lipinski definition) is 3. The van der Waals surface area contributed by atoms with Gasteiger partial charge in [0.1, 0.15) is 17.3 Å². The zero-order chi connectivity index (χ0) is 12.4. The molecule has 1 amide bonds. The Kier molecular flexibility index (Phi) is 2.92. The second-order valence-corrected chi connectivity index (χ2v) is 4.09. The molecular weight excluding hydrogens is 242 g/mol. The van der Waals surface area contributed by atoms with Gasteiger partial charge in [0.05, 0.1) is 0 Å². The fourth-order valence-corrected chi connectivity index (χ4v) is 1.81. The van der Waals surface area contributed by atoms with Crippen molar-refractivity contribution in [3.63, 3.8) is 0 Å². The molecule has 1 aromatic heterocycles. The minimum absolute atomic E-state index is 0.148. The van der Waals surface area contributed by atoms with Crippen LogP contribution in [0.4, 0.5) is 5.13 Å². The first-order valence-corrected chi connectivity index (χ1v) is 5.46. The van der Waals surface area contributed by atoms with E-state index in [9.17, 15) is 15.0 Å². The molecule has 6 nitrogen and oxygen atoms in total. The number of aromatic hydroxyl groups is 2. The van der Waals surface area contributed by atoms with Crippen molar-refractivity contribution in [1.29, 1.82) is 0 Å². The molecule has 1 heterocycles. The number of carbonyl (C=O) groups is 1. The molecule has 0 atom stereocenters. The van der Waals surface area contributed by atoms with Gasteiger partial charge in [0.25, 0.3) is 5.91 Å². The number of amides is 1. The van der Waals surface area contributed by atoms with Crippen LogP contribution < -0.4 is 5.32 Å². The molecule has 88 valence electrons. The summed E-state index contributed by atoms with van der Waals surface area (Å²) in [5.74, 6) is -0.247. The van der Waals surface area contributed by atoms with Crippen molar-refractivity contribution in [2.75, 3.05) is 5.32 Å². The summed E-state index contributed by atoms with van der Waals surface area (Å²) in [5.41, 5.74) is 0.148. The predicted octanol–water partition coefficient (Wildman–Crippen LogP) is 1.51. The standard InChI is InChI=1S/C10H9N3O3S/c1-5-11-10(17-13-5)12-9(16)6-2-7(14)4-8(15)3-6/h2-4,14-15H,1H3,(H,11,12,13,16). The Morgan fingerprint density at radius 1 is 1.29 bits per heavy atom. The number of rotatable bonds is 2. The van der Waals surface area contributed by atoms with Gasteiger partial charge in [-0.15, -0.1) is 0 Å². The second-order valence-electron chi connectivity index (χ2n) is 3.34. The summed E-state index contributed by atoms with van der Waals surface area (Å²) in [7, 11) is 0. The van der Waals surface area contributed by atoms with Crippen molar-refractivity contribution in [2.24, 2.45) is 0 Å². The average Bonchev–Trinajstić information content (AvgIpc) is 2.62. The fourth-order valence-electron chi connectivity index (χ4n) is 1.24. The van der Waals surface area contributed by atoms with E-state index in [4.69, 9.17) is 0 Å². The number of benzene rings is 1. The van der Waals surface area contributed by atoms with E-state index in [1.807, 2.05) is 0 Å². The van der Waals surface area contributed by atoms with E-state index < -0.39 is 5.91 Å². The molecule has 0 fully saturated rings. The van der Waals surface area contributed by atoms with E-state index in [0.29, 0.717) is 11.0 Å². The Hall–Kier alpha value is -2.15. The average molecular weight is 251 g/mol. The lowest BCUT2D eigenvalue weighted by molar-refractivity contribution is 0.102. The van der Waals surface area contributed by atoms with Crippen LogP contribution in [-0.2, 0) is 0 Å². The maximum atomic E-state index is 11.7. The molecule has 0 unspecified atom stereocenters. The lowest BCUT2D eigenvalue weighted by Gasteiger charge is -2.02. The first-order valence-electron chi connectivity index (χ1n) is 4.69. The molecule has 2 aromatic rings. The van der Waals surface area contributed by atoms with Crippen LogP contribution in [-0.4, -0.2) is 25.5 Å². The minimum atomic E-state index is -0.465. The largest absolute Gasteiger partial charge is 0.508 e. The third-order valence-corrected chi connectivity index (χ3v) is 2.63. The molecule has 0 aliphatic heterocycles. The van der Waals surface area contributed by atoms with Gasteiger partial charge in [0.2, 0.25) is 5.13 Å². The number of anilines is 1. The van der Waals surface area contributed by atoms with Crippen molar-refractivity contribution in [2.45, 2.75) is 6.92 Å². The van der Waals surface area contributed by atoms with Gasteiger partial charge >= 0.3 is 0 Å². The van der Waals surface area contributed by atoms with Crippen LogP contribution in [0.25, 0.3) is 0 Å². The van der Waals surface area contributed by atoms with Crippen molar-refractivity contribution in [1.82, 2.24) is 9.36 Å². The minimum Gasteiger partial charge on any atom is -0.508 e. The van der Waals surface area contributed by atoms with Crippen LogP contribution in [0.3, 0.4) is 0 Å². The van der Waals surface area contributed by atoms with E-state index in [0.717, 1.165) is 17.6 Å². The van der Waals surface area contributed by atoms with E-state index in [-0.39, 0.29) is 17.1 Å². The number of aryl methyl sites for hydroxylation is 1. The Balaban J connectivity index is 2.19. The van der Waals surface area contributed by atoms with Crippen LogP contribution in [0, 0.1) is 6.92 Å². The van der Waals surface area contributed by atoms with E-state index in [2.05, 4.69) is 14.7 Å². The Bertz CT molecular complexity index is 547. The highest BCUT2D eigenvalue weighted by atomic mass is 32.1. The van der Waals surface area contributed by atoms with Crippen LogP contribution in [0.15, 0.2) is 18.2 Å². The quantitative estimate of drug-likeness (QED) is 0.752. The maximum absolute atomic E-state index is 11.7. The Morgan fingerprint density at radius 3 is 2.47 bits per heavy atom. The van der Waals surface area contributed by atoms with E-state index in [1.165, 1.54) is 12.1 Å². The summed E-state index contributed by atoms with van der Waals surface area (Å²) in [6, 6.07) is 3.65. The highest BCUT2D eigenvalue weighted by Crippen LogP contribution is 2.21. The lowest BCUT2D eigenvalue weighted by atomic mass is 10.2. The maximum Gasteiger partial charge on any atom is 0.257 e. The Morgan fingerprint density at radius 2 is 1.94 bits per heavy atom. The first-order chi connectivity index (χ1) is 8.04. The van der Waals surface area contributed by atoms with Gasteiger partial charge in [-0.2, -0.15) is 4.37 Å². The highest BCUT2D eigenvalue weighted by molar-refractivity contribution is 7.09. The summed E-state index contributed by atoms with van der Waals surface area (Å²) in [4.78, 5) is 15.7. The smallest absolute Gasteiger partial charge is 0.257 e. The molecule has 0 saturated carbocycles. The first kappa shape index (κ1) is 11.3. The fraction of sp³-hybridized carbons (Fsp3) is 0.100. The van der Waals surface area contributed by atoms with Gasteiger partial charge in [0.15, 0.2) is 0 Å². The van der Waals surface area contributed by atoms with Crippen LogP contribution in [0.1, 0.15) is 16.2 Å². The monoisotopic (exact) mass is 251 g/mol. The van der Waals surface area contributed by atoms with Crippen LogP contribution in [0.2, 0.25) is 0 Å². The normalized spacial score (nSPS) is 10.2. The molecule has 0 saturated heterocycles. The molecule has 0 aliphatic rings. The molecule has 2 rings (SSSR count). The van der Waals surface area contributed by atoms with Crippen LogP contribution >= 0.6 is 11.5 Å². The molecule has 17 heavy (non-hydrogen) atoms. The third-order valence-electron chi connectivity index (χ3n) is 1.91. The number of nitrogens with zero attached hydrogens (tertiary/aromatic N) is 2. The molecule has 3 N–H and O–H groups in total. The number of hydrogen-bond acceptors (Lipinski definition) is 6. The van der Waals surface area contributed by atoms with Crippen molar-refractivity contribution >= 4 is 22.6 Å². The van der Waals surface area contributed by atoms with Crippen molar-refractivity contribution < 1.29 is 15.0 Å². The molecule has 0 spiro atoms. The number of nitrogens with one attached hydrogen (secondary N) is 1. The summed E-state index contributed by atoms with van der Waals surface area (Å²) < 4.78 is 3.92. The summed E-state index contributed by atoms with van der Waals surface area (Å²) in [6.45, 7) is 1.71. The molecule has 1 aromatic carbocycles. The molecule has 0 aliphatic carbocycles. The van der Waals surface area contributed by atoms with Gasteiger partial charge < -0.3 is 10.2 Å². The van der Waals surface area contributed by atoms with Gasteiger partial charge in [0, 0.05) is 23.2 Å². The zero-order valence-electron chi connectivity index (χ0n) is 8.84. The van der Waals surface area contributed by atoms with Gasteiger partial charge in [-0.25, -0.2) is 4.98 Å². The SMILES string of the molecule is Cc1nsc(NC(=O)c2cc(O)cc(O)c2)n1. The molecule has 0 radical (unpaired) electrons. The second kappa shape index (κ2) is 4.38. The molecular formula is C10H9N3O3S. The Labute approximate surface area is 101 Å². The topological polar surface area (TPSA) is 95.3 Å². The molecule has 7 heteroatoms. The van der Waals surface area contributed by atoms with E-state index in [1.54, 1.807) is 6.92 Å². The zero-order valence-corrected chi connectivity index (χ0v) is 9.65. The third kappa shape index (κ3) is 2.70. The summed E-state index contributed by atoms with van der Waals surface area (Å²) in [5, 5.41) is 21.4. The summed E-state index contributed by atoms with van der Waals surface area (Å²) in [6.07, 6.45) is 0. The lowest BCUT2D eigenvalue weighted by Crippen LogP contribution is -2.11. The van der Waals surface area contributed by atoms with Crippen molar-refractivity contribution in [3.8, 4) is 11.5 Å². The number of carbonyl (C=O) groups excluding carboxylic acids is 1. The van der Waals surface area contributed by atoms with Crippen LogP contribution in [0.5, 0.6) is 11.5 Å². The predicted molar refractivity (Wildman–Crippen MR) is 62.4 cm³/mol. The van der Waals surface area contributed by atoms with Crippen molar-refractivity contribution in [3.05, 3.63) is 29.6 Å². The number of phenols is 2. The number of phenolic OH excluding ortho intramolecular Hbond substituents is 2. The van der Waals surface area contributed by atoms with Gasteiger partial charge in [-0.3, -0.25) is 10.1 Å². The summed E-state index contributed by atoms with van der Waals surface area (Å²) >= 11 is 1.06. The van der Waals surface area contributed by atoms with Gasteiger partial charge in [-0.05, 0) is 19.1 Å².